The molecule has 0 amide bonds. The van der Waals surface area contributed by atoms with Gasteiger partial charge in [0.2, 0.25) is 10.2 Å². The summed E-state index contributed by atoms with van der Waals surface area (Å²) >= 11 is 2.03. The molecule has 2 aliphatic rings. The maximum atomic E-state index is 11.6. The molecule has 6 nitrogen and oxygen atoms in total. The minimum Gasteiger partial charge on any atom is -0.480 e. The molecule has 0 fully saturated rings. The molecule has 0 spiro atoms. The van der Waals surface area contributed by atoms with Gasteiger partial charge in [-0.15, -0.1) is 0 Å². The van der Waals surface area contributed by atoms with E-state index in [2.05, 4.69) is 9.47 Å². The summed E-state index contributed by atoms with van der Waals surface area (Å²) < 4.78 is 20.0. The van der Waals surface area contributed by atoms with Gasteiger partial charge >= 0.3 is 11.9 Å². The van der Waals surface area contributed by atoms with Gasteiger partial charge < -0.3 is 18.9 Å². The van der Waals surface area contributed by atoms with Crippen LogP contribution in [0.3, 0.4) is 0 Å². The van der Waals surface area contributed by atoms with Gasteiger partial charge in [-0.05, 0) is 23.5 Å². The largest absolute Gasteiger partial charge is 0.480 e. The van der Waals surface area contributed by atoms with Crippen LogP contribution in [-0.4, -0.2) is 39.4 Å². The maximum absolute atomic E-state index is 11.6. The number of carbonyl (C=O) groups is 2. The van der Waals surface area contributed by atoms with E-state index in [-0.39, 0.29) is 9.81 Å². The third-order valence-corrected chi connectivity index (χ3v) is 4.44. The van der Waals surface area contributed by atoms with Crippen LogP contribution in [0.15, 0.2) is 20.0 Å². The van der Waals surface area contributed by atoms with Gasteiger partial charge in [-0.3, -0.25) is 0 Å². The number of ether oxygens (including phenoxy) is 4. The lowest BCUT2D eigenvalue weighted by Gasteiger charge is -2.25. The average Bonchev–Trinajstić information content (AvgIpc) is 2.44. The molecule has 0 bridgehead atoms. The smallest absolute Gasteiger partial charge is 0.346 e. The third-order valence-electron chi connectivity index (χ3n) is 2.05. The summed E-state index contributed by atoms with van der Waals surface area (Å²) in [5, 5.41) is 0.943. The minimum atomic E-state index is -0.603. The van der Waals surface area contributed by atoms with Crippen molar-refractivity contribution in [3.05, 3.63) is 20.0 Å². The number of hydrogen-bond acceptors (Lipinski definition) is 8. The second-order valence-corrected chi connectivity index (χ2v) is 5.08. The highest BCUT2D eigenvalue weighted by molar-refractivity contribution is 8.14. The van der Waals surface area contributed by atoms with Crippen molar-refractivity contribution < 1.29 is 28.5 Å². The van der Waals surface area contributed by atoms with Gasteiger partial charge in [0.1, 0.15) is 23.0 Å². The Balaban J connectivity index is 2.32. The molecule has 0 unspecified atom stereocenters. The second kappa shape index (κ2) is 5.57. The molecule has 8 heteroatoms. The van der Waals surface area contributed by atoms with Crippen LogP contribution in [0.5, 0.6) is 0 Å². The summed E-state index contributed by atoms with van der Waals surface area (Å²) in [6.45, 7) is 0.822. The van der Waals surface area contributed by atoms with Crippen molar-refractivity contribution in [1.29, 1.82) is 0 Å². The Morgan fingerprint density at radius 2 is 1.33 bits per heavy atom. The molecule has 0 radical (unpaired) electrons. The number of hydrogen-bond donors (Lipinski definition) is 0. The molecule has 0 atom stereocenters. The Bertz CT molecular complexity index is 413. The van der Waals surface area contributed by atoms with Crippen molar-refractivity contribution in [2.75, 3.05) is 27.4 Å². The molecule has 2 heterocycles. The molecule has 0 aromatic carbocycles. The van der Waals surface area contributed by atoms with Gasteiger partial charge in [0, 0.05) is 0 Å². The fourth-order valence-electron chi connectivity index (χ4n) is 1.26. The summed E-state index contributed by atoms with van der Waals surface area (Å²) in [5.74, 6) is -1.21. The molecular weight excluding hydrogens is 280 g/mol. The van der Waals surface area contributed by atoms with E-state index in [1.165, 1.54) is 14.2 Å². The highest BCUT2D eigenvalue weighted by atomic mass is 32.2. The molecular formula is C10H10O6S2. The molecule has 0 aromatic heterocycles. The minimum absolute atomic E-state index is 0.151. The van der Waals surface area contributed by atoms with Crippen molar-refractivity contribution in [2.24, 2.45) is 0 Å². The van der Waals surface area contributed by atoms with E-state index >= 15 is 0 Å². The third kappa shape index (κ3) is 2.44. The van der Waals surface area contributed by atoms with Gasteiger partial charge in [0.15, 0.2) is 0 Å². The van der Waals surface area contributed by atoms with Crippen LogP contribution in [0.2, 0.25) is 0 Å². The lowest BCUT2D eigenvalue weighted by Crippen LogP contribution is -2.19. The van der Waals surface area contributed by atoms with Crippen LogP contribution in [0.4, 0.5) is 0 Å². The number of carbonyl (C=O) groups excluding carboxylic acids is 2. The van der Waals surface area contributed by atoms with Crippen LogP contribution in [-0.2, 0) is 28.5 Å². The summed E-state index contributed by atoms with van der Waals surface area (Å²) in [7, 11) is 2.50. The zero-order chi connectivity index (χ0) is 13.1. The molecule has 2 aliphatic heterocycles. The summed E-state index contributed by atoms with van der Waals surface area (Å²) in [6, 6.07) is 0. The van der Waals surface area contributed by atoms with Gasteiger partial charge in [-0.25, -0.2) is 9.59 Å². The molecule has 0 saturated carbocycles. The monoisotopic (exact) mass is 290 g/mol. The maximum Gasteiger partial charge on any atom is 0.346 e. The highest BCUT2D eigenvalue weighted by Crippen LogP contribution is 2.47. The van der Waals surface area contributed by atoms with E-state index < -0.39 is 11.9 Å². The fraction of sp³-hybridized carbons (Fsp3) is 0.400. The number of esters is 2. The Morgan fingerprint density at radius 3 is 1.67 bits per heavy atom. The SMILES string of the molecule is COC(=O)C1=C(C(=O)OC)SC2=C(OCCO2)S1. The predicted molar refractivity (Wildman–Crippen MR) is 65.2 cm³/mol. The van der Waals surface area contributed by atoms with Crippen LogP contribution in [0.25, 0.3) is 0 Å². The normalized spacial score (nSPS) is 18.6. The van der Waals surface area contributed by atoms with E-state index in [0.717, 1.165) is 23.5 Å². The molecule has 0 N–H and O–H groups in total. The molecule has 0 aromatic rings. The zero-order valence-electron chi connectivity index (χ0n) is 9.68. The molecule has 18 heavy (non-hydrogen) atoms. The highest BCUT2D eigenvalue weighted by Gasteiger charge is 2.35. The lowest BCUT2D eigenvalue weighted by molar-refractivity contribution is -0.138. The second-order valence-electron chi connectivity index (χ2n) is 3.12. The predicted octanol–water partition coefficient (Wildman–Crippen LogP) is 1.20. The first-order chi connectivity index (χ1) is 8.67. The van der Waals surface area contributed by atoms with Crippen LogP contribution in [0.1, 0.15) is 0 Å². The zero-order valence-corrected chi connectivity index (χ0v) is 11.3. The molecule has 0 saturated heterocycles. The Kier molecular flexibility index (Phi) is 4.07. The van der Waals surface area contributed by atoms with E-state index in [0.29, 0.717) is 23.4 Å². The first-order valence-electron chi connectivity index (χ1n) is 4.94. The van der Waals surface area contributed by atoms with E-state index in [1.807, 2.05) is 0 Å². The van der Waals surface area contributed by atoms with E-state index in [4.69, 9.17) is 9.47 Å². The first kappa shape index (κ1) is 13.2. The topological polar surface area (TPSA) is 71.1 Å². The summed E-state index contributed by atoms with van der Waals surface area (Å²) in [6.07, 6.45) is 0. The van der Waals surface area contributed by atoms with Gasteiger partial charge in [0.25, 0.3) is 0 Å². The van der Waals surface area contributed by atoms with Gasteiger partial charge in [0.05, 0.1) is 14.2 Å². The van der Waals surface area contributed by atoms with Gasteiger partial charge in [-0.1, -0.05) is 0 Å². The van der Waals surface area contributed by atoms with Crippen molar-refractivity contribution in [3.8, 4) is 0 Å². The van der Waals surface area contributed by atoms with Crippen LogP contribution < -0.4 is 0 Å². The number of rotatable bonds is 2. The summed E-state index contributed by atoms with van der Waals surface area (Å²) in [4.78, 5) is 23.6. The van der Waals surface area contributed by atoms with Crippen molar-refractivity contribution in [2.45, 2.75) is 0 Å². The standard InChI is InChI=1S/C10H10O6S2/c1-13-7(11)5-6(8(12)14-2)18-10-9(17-5)15-3-4-16-10/h3-4H2,1-2H3. The lowest BCUT2D eigenvalue weighted by atomic mass is 10.5. The van der Waals surface area contributed by atoms with Crippen molar-refractivity contribution >= 4 is 35.5 Å². The van der Waals surface area contributed by atoms with Crippen LogP contribution >= 0.6 is 23.5 Å². The number of thioether (sulfide) groups is 2. The fourth-order valence-corrected chi connectivity index (χ4v) is 3.39. The summed E-state index contributed by atoms with van der Waals surface area (Å²) in [5.41, 5.74) is 0. The molecule has 0 aliphatic carbocycles. The molecule has 2 rings (SSSR count). The van der Waals surface area contributed by atoms with Crippen molar-refractivity contribution in [3.63, 3.8) is 0 Å². The van der Waals surface area contributed by atoms with E-state index in [1.54, 1.807) is 0 Å². The van der Waals surface area contributed by atoms with Gasteiger partial charge in [-0.2, -0.15) is 0 Å². The Labute approximate surface area is 112 Å². The number of methoxy groups -OCH3 is 2. The quantitative estimate of drug-likeness (QED) is 0.703. The Hall–Kier alpha value is -1.28. The first-order valence-corrected chi connectivity index (χ1v) is 6.57. The average molecular weight is 290 g/mol. The van der Waals surface area contributed by atoms with E-state index in [9.17, 15) is 9.59 Å². The molecule has 98 valence electrons. The van der Waals surface area contributed by atoms with Crippen LogP contribution in [0, 0.1) is 0 Å². The Morgan fingerprint density at radius 1 is 0.944 bits per heavy atom. The van der Waals surface area contributed by atoms with Crippen molar-refractivity contribution in [1.82, 2.24) is 0 Å².